The second-order valence-electron chi connectivity index (χ2n) is 4.88. The van der Waals surface area contributed by atoms with Crippen LogP contribution >= 0.6 is 11.3 Å². The lowest BCUT2D eigenvalue weighted by Crippen LogP contribution is -2.21. The highest BCUT2D eigenvalue weighted by atomic mass is 32.1. The number of anilines is 1. The van der Waals surface area contributed by atoms with Crippen molar-refractivity contribution in [2.75, 3.05) is 19.4 Å². The predicted molar refractivity (Wildman–Crippen MR) is 83.4 cm³/mol. The first kappa shape index (κ1) is 14.5. The Labute approximate surface area is 123 Å². The number of amides is 1. The molecule has 4 nitrogen and oxygen atoms in total. The van der Waals surface area contributed by atoms with E-state index in [-0.39, 0.29) is 5.91 Å². The molecule has 0 fully saturated rings. The van der Waals surface area contributed by atoms with E-state index >= 15 is 0 Å². The van der Waals surface area contributed by atoms with Gasteiger partial charge in [0, 0.05) is 30.2 Å². The van der Waals surface area contributed by atoms with Crippen LogP contribution in [0.2, 0.25) is 0 Å². The maximum atomic E-state index is 11.9. The first-order valence-corrected chi connectivity index (χ1v) is 7.27. The Hall–Kier alpha value is -1.88. The molecule has 1 aromatic carbocycles. The molecule has 1 N–H and O–H groups in total. The number of hydrogen-bond donors (Lipinski definition) is 1. The summed E-state index contributed by atoms with van der Waals surface area (Å²) in [4.78, 5) is 19.1. The van der Waals surface area contributed by atoms with Crippen molar-refractivity contribution in [1.29, 1.82) is 0 Å². The van der Waals surface area contributed by atoms with Gasteiger partial charge in [-0.1, -0.05) is 6.07 Å². The summed E-state index contributed by atoms with van der Waals surface area (Å²) >= 11 is 1.70. The molecule has 2 aromatic rings. The molecule has 106 valence electrons. The molecule has 1 amide bonds. The standard InChI is InChI=1S/C15H19N3OS/c1-10-14(20-11(2)17-10)9-16-13-7-5-6-12(8-13)15(19)18(3)4/h5-8,16H,9H2,1-4H3. The van der Waals surface area contributed by atoms with Gasteiger partial charge in [0.15, 0.2) is 0 Å². The number of thiazole rings is 1. The lowest BCUT2D eigenvalue weighted by atomic mass is 10.2. The number of nitrogens with zero attached hydrogens (tertiary/aromatic N) is 2. The predicted octanol–water partition coefficient (Wildman–Crippen LogP) is 3.07. The van der Waals surface area contributed by atoms with Crippen molar-refractivity contribution in [2.45, 2.75) is 20.4 Å². The SMILES string of the molecule is Cc1nc(C)c(CNc2cccc(C(=O)N(C)C)c2)s1. The van der Waals surface area contributed by atoms with E-state index in [0.29, 0.717) is 5.56 Å². The third kappa shape index (κ3) is 3.36. The van der Waals surface area contributed by atoms with E-state index in [1.54, 1.807) is 30.3 Å². The summed E-state index contributed by atoms with van der Waals surface area (Å²) in [5.74, 6) is 0.0125. The van der Waals surface area contributed by atoms with Gasteiger partial charge in [-0.25, -0.2) is 4.98 Å². The largest absolute Gasteiger partial charge is 0.380 e. The van der Waals surface area contributed by atoms with Crippen molar-refractivity contribution in [2.24, 2.45) is 0 Å². The Bertz CT molecular complexity index is 619. The van der Waals surface area contributed by atoms with Crippen LogP contribution in [-0.4, -0.2) is 29.9 Å². The fraction of sp³-hybridized carbons (Fsp3) is 0.333. The molecule has 0 aliphatic carbocycles. The quantitative estimate of drug-likeness (QED) is 0.941. The molecule has 0 aliphatic heterocycles. The highest BCUT2D eigenvalue weighted by Crippen LogP contribution is 2.19. The van der Waals surface area contributed by atoms with Gasteiger partial charge in [-0.15, -0.1) is 11.3 Å². The average Bonchev–Trinajstić information content (AvgIpc) is 2.74. The molecule has 5 heteroatoms. The van der Waals surface area contributed by atoms with E-state index in [1.807, 2.05) is 38.1 Å². The molecular weight excluding hydrogens is 270 g/mol. The number of aryl methyl sites for hydroxylation is 2. The minimum absolute atomic E-state index is 0.0125. The summed E-state index contributed by atoms with van der Waals surface area (Å²) in [6.07, 6.45) is 0. The van der Waals surface area contributed by atoms with E-state index in [2.05, 4.69) is 10.3 Å². The molecule has 0 unspecified atom stereocenters. The molecule has 2 rings (SSSR count). The Balaban J connectivity index is 2.09. The smallest absolute Gasteiger partial charge is 0.253 e. The molecule has 1 aromatic heterocycles. The van der Waals surface area contributed by atoms with Crippen LogP contribution in [0.1, 0.15) is 25.9 Å². The molecule has 0 saturated heterocycles. The zero-order valence-electron chi connectivity index (χ0n) is 12.2. The van der Waals surface area contributed by atoms with Gasteiger partial charge in [0.25, 0.3) is 5.91 Å². The maximum absolute atomic E-state index is 11.9. The van der Waals surface area contributed by atoms with Crippen LogP contribution in [0.25, 0.3) is 0 Å². The lowest BCUT2D eigenvalue weighted by Gasteiger charge is -2.12. The van der Waals surface area contributed by atoms with Crippen LogP contribution in [0.4, 0.5) is 5.69 Å². The monoisotopic (exact) mass is 289 g/mol. The van der Waals surface area contributed by atoms with Crippen molar-refractivity contribution in [3.8, 4) is 0 Å². The highest BCUT2D eigenvalue weighted by Gasteiger charge is 2.09. The first-order chi connectivity index (χ1) is 9.47. The van der Waals surface area contributed by atoms with Gasteiger partial charge in [-0.2, -0.15) is 0 Å². The highest BCUT2D eigenvalue weighted by molar-refractivity contribution is 7.11. The van der Waals surface area contributed by atoms with Gasteiger partial charge in [-0.3, -0.25) is 4.79 Å². The third-order valence-corrected chi connectivity index (χ3v) is 4.04. The Morgan fingerprint density at radius 3 is 2.70 bits per heavy atom. The van der Waals surface area contributed by atoms with Crippen LogP contribution in [0, 0.1) is 13.8 Å². The molecule has 0 bridgehead atoms. The summed E-state index contributed by atoms with van der Waals surface area (Å²) in [5, 5.41) is 4.43. The normalized spacial score (nSPS) is 10.4. The minimum atomic E-state index is 0.0125. The topological polar surface area (TPSA) is 45.2 Å². The molecule has 0 atom stereocenters. The third-order valence-electron chi connectivity index (χ3n) is 2.97. The summed E-state index contributed by atoms with van der Waals surface area (Å²) in [5.41, 5.74) is 2.71. The lowest BCUT2D eigenvalue weighted by molar-refractivity contribution is 0.0827. The van der Waals surface area contributed by atoms with E-state index in [9.17, 15) is 4.79 Å². The Kier molecular flexibility index (Phi) is 4.39. The fourth-order valence-electron chi connectivity index (χ4n) is 1.94. The Morgan fingerprint density at radius 1 is 1.35 bits per heavy atom. The van der Waals surface area contributed by atoms with Gasteiger partial charge in [-0.05, 0) is 32.0 Å². The second-order valence-corrected chi connectivity index (χ2v) is 6.16. The number of nitrogens with one attached hydrogen (secondary N) is 1. The number of aromatic nitrogens is 1. The van der Waals surface area contributed by atoms with Crippen LogP contribution in [0.5, 0.6) is 0 Å². The van der Waals surface area contributed by atoms with Crippen molar-refractivity contribution < 1.29 is 4.79 Å². The van der Waals surface area contributed by atoms with Crippen LogP contribution in [0.3, 0.4) is 0 Å². The zero-order chi connectivity index (χ0) is 14.7. The molecule has 1 heterocycles. The van der Waals surface area contributed by atoms with E-state index in [1.165, 1.54) is 4.88 Å². The van der Waals surface area contributed by atoms with E-state index in [4.69, 9.17) is 0 Å². The Morgan fingerprint density at radius 2 is 2.10 bits per heavy atom. The molecule has 20 heavy (non-hydrogen) atoms. The summed E-state index contributed by atoms with van der Waals surface area (Å²) in [6.45, 7) is 4.76. The van der Waals surface area contributed by atoms with Gasteiger partial charge in [0.05, 0.1) is 17.2 Å². The van der Waals surface area contributed by atoms with Gasteiger partial charge >= 0.3 is 0 Å². The van der Waals surface area contributed by atoms with Gasteiger partial charge < -0.3 is 10.2 Å². The first-order valence-electron chi connectivity index (χ1n) is 6.46. The maximum Gasteiger partial charge on any atom is 0.253 e. The second kappa shape index (κ2) is 6.05. The molecular formula is C15H19N3OS. The number of benzene rings is 1. The van der Waals surface area contributed by atoms with E-state index < -0.39 is 0 Å². The van der Waals surface area contributed by atoms with E-state index in [0.717, 1.165) is 22.9 Å². The van der Waals surface area contributed by atoms with Gasteiger partial charge in [0.1, 0.15) is 0 Å². The number of hydrogen-bond acceptors (Lipinski definition) is 4. The molecule has 0 radical (unpaired) electrons. The van der Waals surface area contributed by atoms with Crippen molar-refractivity contribution in [3.05, 3.63) is 45.4 Å². The number of carbonyl (C=O) groups is 1. The summed E-state index contributed by atoms with van der Waals surface area (Å²) < 4.78 is 0. The van der Waals surface area contributed by atoms with Crippen molar-refractivity contribution in [1.82, 2.24) is 9.88 Å². The van der Waals surface area contributed by atoms with Crippen LogP contribution < -0.4 is 5.32 Å². The summed E-state index contributed by atoms with van der Waals surface area (Å²) in [7, 11) is 3.51. The van der Waals surface area contributed by atoms with Crippen molar-refractivity contribution >= 4 is 22.9 Å². The molecule has 0 aliphatic rings. The molecule has 0 spiro atoms. The van der Waals surface area contributed by atoms with Crippen LogP contribution in [-0.2, 0) is 6.54 Å². The van der Waals surface area contributed by atoms with Crippen LogP contribution in [0.15, 0.2) is 24.3 Å². The number of rotatable bonds is 4. The summed E-state index contributed by atoms with van der Waals surface area (Å²) in [6, 6.07) is 7.57. The van der Waals surface area contributed by atoms with Gasteiger partial charge in [0.2, 0.25) is 0 Å². The average molecular weight is 289 g/mol. The minimum Gasteiger partial charge on any atom is -0.380 e. The molecule has 0 saturated carbocycles. The number of carbonyl (C=O) groups excluding carboxylic acids is 1. The fourth-order valence-corrected chi connectivity index (χ4v) is 2.82. The zero-order valence-corrected chi connectivity index (χ0v) is 13.0. The van der Waals surface area contributed by atoms with Crippen molar-refractivity contribution in [3.63, 3.8) is 0 Å².